The van der Waals surface area contributed by atoms with Crippen LogP contribution in [-0.2, 0) is 35.3 Å². The van der Waals surface area contributed by atoms with E-state index in [9.17, 15) is 13.2 Å². The Morgan fingerprint density at radius 3 is 2.27 bits per heavy atom. The minimum atomic E-state index is -3.88. The fourth-order valence-electron chi connectivity index (χ4n) is 9.06. The van der Waals surface area contributed by atoms with Gasteiger partial charge in [-0.25, -0.2) is 8.42 Å². The predicted octanol–water partition coefficient (Wildman–Crippen LogP) is 8.16. The summed E-state index contributed by atoms with van der Waals surface area (Å²) < 4.78 is 41.7. The van der Waals surface area contributed by atoms with E-state index in [0.717, 1.165) is 66.4 Å². The Morgan fingerprint density at radius 1 is 0.932 bits per heavy atom. The number of carbonyl (C=O) groups is 2. The lowest BCUT2D eigenvalue weighted by atomic mass is 9.98. The van der Waals surface area contributed by atoms with Crippen LogP contribution in [0, 0.1) is 27.7 Å². The molecule has 59 heavy (non-hydrogen) atoms. The third-order valence-electron chi connectivity index (χ3n) is 12.1. The van der Waals surface area contributed by atoms with Gasteiger partial charge in [0.1, 0.15) is 11.4 Å². The van der Waals surface area contributed by atoms with E-state index >= 15 is 4.79 Å². The van der Waals surface area contributed by atoms with Crippen molar-refractivity contribution in [1.82, 2.24) is 28.1 Å². The third kappa shape index (κ3) is 6.89. The van der Waals surface area contributed by atoms with Crippen LogP contribution in [0.3, 0.4) is 0 Å². The average Bonchev–Trinajstić information content (AvgIpc) is 3.80. The number of anilines is 1. The molecule has 0 saturated carbocycles. The zero-order valence-corrected chi connectivity index (χ0v) is 37.0. The molecule has 0 N–H and O–H groups in total. The highest BCUT2D eigenvalue weighted by molar-refractivity contribution is 7.89. The minimum Gasteiger partial charge on any atom is -0.494 e. The van der Waals surface area contributed by atoms with Gasteiger partial charge in [0.15, 0.2) is 0 Å². The Labute approximate surface area is 354 Å². The summed E-state index contributed by atoms with van der Waals surface area (Å²) in [6, 6.07) is 12.7. The SMILES string of the molecule is CC(=O)N1CCN(S(=O)(=O)c2ccc3c(c2)c(N2CC(C)n4c(c(CCCOc5cc(C)c(Cl)c(C)c5)c5ccc(Cl)c(-c6c(C)nn(C)c6C)c54)C2=O)cn3C)CC1. The lowest BCUT2D eigenvalue weighted by molar-refractivity contribution is -0.129. The first-order valence-corrected chi connectivity index (χ1v) is 22.1. The first kappa shape index (κ1) is 40.9. The topological polar surface area (TPSA) is 115 Å². The smallest absolute Gasteiger partial charge is 0.275 e. The number of sulfonamides is 1. The van der Waals surface area contributed by atoms with Crippen LogP contribution in [0.1, 0.15) is 64.9 Å². The lowest BCUT2D eigenvalue weighted by Gasteiger charge is -2.34. The number of fused-ring (bicyclic) bond motifs is 4. The molecule has 1 fully saturated rings. The maximum atomic E-state index is 15.3. The molecule has 1 saturated heterocycles. The number of hydrogen-bond donors (Lipinski definition) is 0. The molecule has 1 unspecified atom stereocenters. The van der Waals surface area contributed by atoms with Gasteiger partial charge in [-0.1, -0.05) is 29.3 Å². The first-order chi connectivity index (χ1) is 28.0. The van der Waals surface area contributed by atoms with Gasteiger partial charge < -0.3 is 23.7 Å². The standard InChI is InChI=1S/C44H49Cl2N7O5S/c1-25-20-31(21-26(2)41(25)46)58-19-9-10-33-34-12-13-36(45)40(39-28(4)47-49(8)29(39)5)42(34)53-27(3)23-52(44(55)43(33)53)38-24-48(7)37-14-11-32(22-35(37)38)59(56,57)51-17-15-50(16-18-51)30(6)54/h11-14,20-22,24,27H,9-10,15-19,23H2,1-8H3. The second-order valence-electron chi connectivity index (χ2n) is 16.0. The number of benzene rings is 3. The number of carbonyl (C=O) groups excluding carboxylic acids is 2. The van der Waals surface area contributed by atoms with Crippen molar-refractivity contribution in [3.05, 3.63) is 92.5 Å². The summed E-state index contributed by atoms with van der Waals surface area (Å²) in [6.07, 6.45) is 3.09. The number of halogens is 2. The molecule has 2 amide bonds. The molecule has 15 heteroatoms. The molecule has 6 aromatic rings. The molecule has 0 bridgehead atoms. The van der Waals surface area contributed by atoms with Crippen LogP contribution in [0.25, 0.3) is 32.9 Å². The largest absolute Gasteiger partial charge is 0.494 e. The summed E-state index contributed by atoms with van der Waals surface area (Å²) in [7, 11) is -0.0585. The molecule has 0 aliphatic carbocycles. The van der Waals surface area contributed by atoms with Gasteiger partial charge in [-0.15, -0.1) is 0 Å². The Bertz CT molecular complexity index is 2790. The van der Waals surface area contributed by atoms with Crippen LogP contribution < -0.4 is 9.64 Å². The third-order valence-corrected chi connectivity index (χ3v) is 14.9. The monoisotopic (exact) mass is 857 g/mol. The summed E-state index contributed by atoms with van der Waals surface area (Å²) in [6.45, 7) is 13.4. The Balaban J connectivity index is 1.22. The molecule has 2 aliphatic heterocycles. The summed E-state index contributed by atoms with van der Waals surface area (Å²) in [4.78, 5) is 30.8. The molecule has 8 rings (SSSR count). The van der Waals surface area contributed by atoms with E-state index < -0.39 is 10.0 Å². The maximum Gasteiger partial charge on any atom is 0.275 e. The second kappa shape index (κ2) is 15.3. The van der Waals surface area contributed by atoms with Gasteiger partial charge in [0.2, 0.25) is 15.9 Å². The number of aromatic nitrogens is 4. The zero-order valence-electron chi connectivity index (χ0n) is 34.7. The maximum absolute atomic E-state index is 15.3. The van der Waals surface area contributed by atoms with E-state index in [-0.39, 0.29) is 35.8 Å². The molecule has 0 spiro atoms. The normalized spacial score (nSPS) is 16.4. The van der Waals surface area contributed by atoms with Crippen LogP contribution in [0.5, 0.6) is 5.75 Å². The van der Waals surface area contributed by atoms with Crippen molar-refractivity contribution in [1.29, 1.82) is 0 Å². The molecular formula is C44H49Cl2N7O5S. The fourth-order valence-corrected chi connectivity index (χ4v) is 10.9. The van der Waals surface area contributed by atoms with Crippen molar-refractivity contribution >= 4 is 72.5 Å². The van der Waals surface area contributed by atoms with E-state index in [1.165, 1.54) is 11.2 Å². The quantitative estimate of drug-likeness (QED) is 0.136. The molecule has 5 heterocycles. The van der Waals surface area contributed by atoms with Crippen molar-refractivity contribution in [2.45, 2.75) is 65.3 Å². The molecule has 12 nitrogen and oxygen atoms in total. The van der Waals surface area contributed by atoms with E-state index in [4.69, 9.17) is 33.0 Å². The van der Waals surface area contributed by atoms with Crippen LogP contribution in [0.2, 0.25) is 10.0 Å². The number of piperazine rings is 1. The Hall–Kier alpha value is -4.82. The van der Waals surface area contributed by atoms with Gasteiger partial charge >= 0.3 is 0 Å². The van der Waals surface area contributed by atoms with E-state index in [1.54, 1.807) is 28.0 Å². The van der Waals surface area contributed by atoms with Gasteiger partial charge in [0, 0.05) is 104 Å². The van der Waals surface area contributed by atoms with Gasteiger partial charge in [-0.05, 0) is 101 Å². The van der Waals surface area contributed by atoms with Gasteiger partial charge in [0.25, 0.3) is 5.91 Å². The molecule has 310 valence electrons. The van der Waals surface area contributed by atoms with Crippen LogP contribution >= 0.6 is 23.2 Å². The minimum absolute atomic E-state index is 0.0712. The van der Waals surface area contributed by atoms with E-state index in [1.807, 2.05) is 81.5 Å². The number of amides is 2. The Morgan fingerprint density at radius 2 is 1.63 bits per heavy atom. The lowest BCUT2D eigenvalue weighted by Crippen LogP contribution is -2.49. The molecule has 2 aliphatic rings. The number of ether oxygens (including phenoxy) is 1. The van der Waals surface area contributed by atoms with Crippen LogP contribution in [-0.4, -0.2) is 87.7 Å². The second-order valence-corrected chi connectivity index (χ2v) is 18.7. The molecular weight excluding hydrogens is 810 g/mol. The summed E-state index contributed by atoms with van der Waals surface area (Å²) in [5.74, 6) is 0.497. The van der Waals surface area contributed by atoms with E-state index in [2.05, 4.69) is 11.5 Å². The summed E-state index contributed by atoms with van der Waals surface area (Å²) in [5.41, 5.74) is 9.30. The Kier molecular flexibility index (Phi) is 10.6. The fraction of sp³-hybridized carbons (Fsp3) is 0.386. The first-order valence-electron chi connectivity index (χ1n) is 19.9. The molecule has 3 aromatic heterocycles. The summed E-state index contributed by atoms with van der Waals surface area (Å²) in [5, 5.41) is 7.63. The number of aryl methyl sites for hydroxylation is 6. The number of nitrogens with zero attached hydrogens (tertiary/aromatic N) is 7. The van der Waals surface area contributed by atoms with Gasteiger partial charge in [0.05, 0.1) is 33.4 Å². The summed E-state index contributed by atoms with van der Waals surface area (Å²) >= 11 is 13.6. The van der Waals surface area contributed by atoms with Gasteiger partial charge in [-0.3, -0.25) is 14.3 Å². The predicted molar refractivity (Wildman–Crippen MR) is 234 cm³/mol. The van der Waals surface area contributed by atoms with E-state index in [0.29, 0.717) is 60.9 Å². The zero-order chi connectivity index (χ0) is 42.2. The molecule has 1 atom stereocenters. The highest BCUT2D eigenvalue weighted by atomic mass is 35.5. The highest BCUT2D eigenvalue weighted by Crippen LogP contribution is 2.46. The van der Waals surface area contributed by atoms with Gasteiger partial charge in [-0.2, -0.15) is 9.40 Å². The van der Waals surface area contributed by atoms with Crippen molar-refractivity contribution in [2.75, 3.05) is 44.2 Å². The van der Waals surface area contributed by atoms with Crippen molar-refractivity contribution in [2.24, 2.45) is 14.1 Å². The van der Waals surface area contributed by atoms with Crippen molar-refractivity contribution in [3.63, 3.8) is 0 Å². The van der Waals surface area contributed by atoms with Crippen LogP contribution in [0.4, 0.5) is 5.69 Å². The highest BCUT2D eigenvalue weighted by Gasteiger charge is 2.38. The molecule has 3 aromatic carbocycles. The number of rotatable bonds is 9. The van der Waals surface area contributed by atoms with Crippen molar-refractivity contribution < 1.29 is 22.7 Å². The van der Waals surface area contributed by atoms with Crippen LogP contribution in [0.15, 0.2) is 53.6 Å². The van der Waals surface area contributed by atoms with Crippen molar-refractivity contribution in [3.8, 4) is 16.9 Å². The average molecular weight is 859 g/mol. The number of hydrogen-bond acceptors (Lipinski definition) is 6. The molecule has 0 radical (unpaired) electrons.